The van der Waals surface area contributed by atoms with Gasteiger partial charge in [0, 0.05) is 0 Å². The van der Waals surface area contributed by atoms with Crippen LogP contribution in [-0.4, -0.2) is 0 Å². The Morgan fingerprint density at radius 1 is 1.07 bits per heavy atom. The van der Waals surface area contributed by atoms with E-state index in [4.69, 9.17) is 0 Å². The van der Waals surface area contributed by atoms with Crippen LogP contribution in [0, 0.1) is 16.7 Å². The first-order chi connectivity index (χ1) is 5.37. The molecule has 1 saturated carbocycles. The fourth-order valence-corrected chi connectivity index (χ4v) is 3.43. The van der Waals surface area contributed by atoms with Crippen molar-refractivity contribution in [1.29, 1.82) is 0 Å². The smallest absolute Gasteiger partial charge is 0.0321 e. The lowest BCUT2D eigenvalue weighted by Gasteiger charge is -2.45. The third-order valence-electron chi connectivity index (χ3n) is 3.50. The molecule has 0 nitrogen and oxygen atoms in total. The van der Waals surface area contributed by atoms with E-state index < -0.39 is 0 Å². The van der Waals surface area contributed by atoms with Gasteiger partial charge in [0.2, 0.25) is 0 Å². The number of hydrogen-bond donors (Lipinski definition) is 0. The highest BCUT2D eigenvalue weighted by Crippen LogP contribution is 2.49. The summed E-state index contributed by atoms with van der Waals surface area (Å²) in [7, 11) is 0. The van der Waals surface area contributed by atoms with E-state index in [1.165, 1.54) is 25.7 Å². The van der Waals surface area contributed by atoms with Crippen LogP contribution in [0.4, 0.5) is 0 Å². The zero-order chi connectivity index (χ0) is 9.41. The maximum absolute atomic E-state index is 2.46. The van der Waals surface area contributed by atoms with Gasteiger partial charge in [0.1, 0.15) is 0 Å². The van der Waals surface area contributed by atoms with Gasteiger partial charge in [-0.1, -0.05) is 55.9 Å². The summed E-state index contributed by atoms with van der Waals surface area (Å²) in [6.45, 7) is 12.1. The lowest BCUT2D eigenvalue weighted by molar-refractivity contribution is 0.0582. The number of hydrogen-bond acceptors (Lipinski definition) is 0. The normalized spacial score (nSPS) is 35.4. The Balaban J connectivity index is 0. The van der Waals surface area contributed by atoms with Crippen molar-refractivity contribution in [3.8, 4) is 0 Å². The molecule has 0 spiro atoms. The highest BCUT2D eigenvalue weighted by Gasteiger charge is 2.38. The molecular weight excluding hydrogens is 168 g/mol. The topological polar surface area (TPSA) is 0 Å². The summed E-state index contributed by atoms with van der Waals surface area (Å²) in [6.07, 6.45) is 5.62. The van der Waals surface area contributed by atoms with Crippen LogP contribution < -0.4 is 0 Å². The van der Waals surface area contributed by atoms with Crippen LogP contribution in [0.5, 0.6) is 0 Å². The molecule has 0 bridgehead atoms. The van der Waals surface area contributed by atoms with Gasteiger partial charge in [-0.3, -0.25) is 0 Å². The third kappa shape index (κ3) is 4.02. The average molecular weight is 200 g/mol. The van der Waals surface area contributed by atoms with Gasteiger partial charge in [-0.15, -0.1) is 0 Å². The van der Waals surface area contributed by atoms with E-state index in [2.05, 4.69) is 34.6 Å². The maximum atomic E-state index is 2.46. The fraction of sp³-hybridized carbons (Fsp3) is 1.00. The van der Waals surface area contributed by atoms with Crippen LogP contribution in [0.3, 0.4) is 0 Å². The molecule has 0 saturated heterocycles. The van der Waals surface area contributed by atoms with Gasteiger partial charge in [-0.2, -0.15) is 0 Å². The Labute approximate surface area is 92.5 Å². The second-order valence-electron chi connectivity index (χ2n) is 6.02. The minimum absolute atomic E-state index is 0. The Kier molecular flexibility index (Phi) is 6.09. The van der Waals surface area contributed by atoms with Crippen LogP contribution in [0.25, 0.3) is 0 Å². The van der Waals surface area contributed by atoms with E-state index in [1.54, 1.807) is 0 Å². The molecule has 88 valence electrons. The van der Waals surface area contributed by atoms with E-state index in [1.807, 2.05) is 0 Å². The van der Waals surface area contributed by atoms with Gasteiger partial charge in [-0.25, -0.2) is 0 Å². The van der Waals surface area contributed by atoms with Crippen molar-refractivity contribution in [2.45, 2.75) is 75.2 Å². The van der Waals surface area contributed by atoms with Crippen molar-refractivity contribution in [3.05, 3.63) is 0 Å². The predicted octanol–water partition coefficient (Wildman–Crippen LogP) is 5.52. The number of rotatable bonds is 1. The maximum Gasteiger partial charge on any atom is -0.0321 e. The second-order valence-corrected chi connectivity index (χ2v) is 6.02. The van der Waals surface area contributed by atoms with Crippen LogP contribution in [-0.2, 0) is 0 Å². The SMILES string of the molecule is C.C.CCC1(C)CC(C)CC(C)(C)C1. The van der Waals surface area contributed by atoms with E-state index in [0.717, 1.165) is 5.92 Å². The van der Waals surface area contributed by atoms with E-state index in [-0.39, 0.29) is 14.9 Å². The first-order valence-corrected chi connectivity index (χ1v) is 5.37. The van der Waals surface area contributed by atoms with E-state index >= 15 is 0 Å². The van der Waals surface area contributed by atoms with Gasteiger partial charge < -0.3 is 0 Å². The zero-order valence-corrected chi connectivity index (χ0v) is 9.41. The molecule has 0 radical (unpaired) electrons. The lowest BCUT2D eigenvalue weighted by atomic mass is 9.60. The van der Waals surface area contributed by atoms with Gasteiger partial charge in [0.05, 0.1) is 0 Å². The summed E-state index contributed by atoms with van der Waals surface area (Å²) in [5.74, 6) is 0.929. The summed E-state index contributed by atoms with van der Waals surface area (Å²) < 4.78 is 0. The Bertz CT molecular complexity index is 157. The summed E-state index contributed by atoms with van der Waals surface area (Å²) in [5, 5.41) is 0. The third-order valence-corrected chi connectivity index (χ3v) is 3.50. The molecule has 0 aromatic carbocycles. The molecular formula is C14H32. The second kappa shape index (κ2) is 5.19. The largest absolute Gasteiger partial charge is 0.0776 e. The molecule has 0 heteroatoms. The predicted molar refractivity (Wildman–Crippen MR) is 68.7 cm³/mol. The Morgan fingerprint density at radius 2 is 1.57 bits per heavy atom. The Hall–Kier alpha value is 0. The lowest BCUT2D eigenvalue weighted by Crippen LogP contribution is -2.34. The van der Waals surface area contributed by atoms with Gasteiger partial charge in [-0.05, 0) is 36.0 Å². The molecule has 0 aromatic rings. The monoisotopic (exact) mass is 200 g/mol. The van der Waals surface area contributed by atoms with Gasteiger partial charge >= 0.3 is 0 Å². The molecule has 1 fully saturated rings. The minimum Gasteiger partial charge on any atom is -0.0776 e. The first kappa shape index (κ1) is 16.4. The van der Waals surface area contributed by atoms with Crippen molar-refractivity contribution < 1.29 is 0 Å². The summed E-state index contributed by atoms with van der Waals surface area (Å²) in [5.41, 5.74) is 1.21. The fourth-order valence-electron chi connectivity index (χ4n) is 3.43. The summed E-state index contributed by atoms with van der Waals surface area (Å²) in [4.78, 5) is 0. The molecule has 2 unspecified atom stereocenters. The van der Waals surface area contributed by atoms with Crippen molar-refractivity contribution in [2.75, 3.05) is 0 Å². The van der Waals surface area contributed by atoms with Crippen molar-refractivity contribution >= 4 is 0 Å². The molecule has 0 heterocycles. The molecule has 2 atom stereocenters. The van der Waals surface area contributed by atoms with Crippen LogP contribution in [0.1, 0.15) is 75.2 Å². The van der Waals surface area contributed by atoms with Gasteiger partial charge in [0.25, 0.3) is 0 Å². The average Bonchev–Trinajstić information content (AvgIpc) is 1.82. The quantitative estimate of drug-likeness (QED) is 0.523. The van der Waals surface area contributed by atoms with E-state index in [9.17, 15) is 0 Å². The molecule has 0 aromatic heterocycles. The van der Waals surface area contributed by atoms with Crippen LogP contribution in [0.15, 0.2) is 0 Å². The minimum atomic E-state index is 0. The van der Waals surface area contributed by atoms with E-state index in [0.29, 0.717) is 10.8 Å². The molecule has 0 N–H and O–H groups in total. The van der Waals surface area contributed by atoms with Crippen molar-refractivity contribution in [3.63, 3.8) is 0 Å². The molecule has 1 aliphatic rings. The first-order valence-electron chi connectivity index (χ1n) is 5.37. The standard InChI is InChI=1S/C12H24.2CH4/c1-6-12(5)8-10(2)7-11(3,4)9-12;;/h10H,6-9H2,1-5H3;2*1H4. The van der Waals surface area contributed by atoms with Gasteiger partial charge in [0.15, 0.2) is 0 Å². The Morgan fingerprint density at radius 3 is 1.93 bits per heavy atom. The van der Waals surface area contributed by atoms with Crippen LogP contribution >= 0.6 is 0 Å². The summed E-state index contributed by atoms with van der Waals surface area (Å²) >= 11 is 0. The molecule has 1 aliphatic carbocycles. The highest BCUT2D eigenvalue weighted by atomic mass is 14.4. The van der Waals surface area contributed by atoms with Crippen molar-refractivity contribution in [2.24, 2.45) is 16.7 Å². The van der Waals surface area contributed by atoms with Crippen LogP contribution in [0.2, 0.25) is 0 Å². The molecule has 1 rings (SSSR count). The van der Waals surface area contributed by atoms with Crippen molar-refractivity contribution in [1.82, 2.24) is 0 Å². The highest BCUT2D eigenvalue weighted by molar-refractivity contribution is 4.89. The molecule has 0 aliphatic heterocycles. The molecule has 14 heavy (non-hydrogen) atoms. The summed E-state index contributed by atoms with van der Waals surface area (Å²) in [6, 6.07) is 0. The molecule has 0 amide bonds. The zero-order valence-electron chi connectivity index (χ0n) is 9.41.